The lowest BCUT2D eigenvalue weighted by Gasteiger charge is -2.09. The molecule has 160 valence electrons. The van der Waals surface area contributed by atoms with Gasteiger partial charge in [0.1, 0.15) is 5.82 Å². The molecule has 0 spiro atoms. The van der Waals surface area contributed by atoms with Gasteiger partial charge in [0.05, 0.1) is 22.2 Å². The van der Waals surface area contributed by atoms with Gasteiger partial charge >= 0.3 is 0 Å². The van der Waals surface area contributed by atoms with Crippen molar-refractivity contribution < 1.29 is 0 Å². The van der Waals surface area contributed by atoms with E-state index in [0.29, 0.717) is 0 Å². The summed E-state index contributed by atoms with van der Waals surface area (Å²) in [5.41, 5.74) is 6.62. The molecule has 0 fully saturated rings. The summed E-state index contributed by atoms with van der Waals surface area (Å²) < 4.78 is 4.56. The van der Waals surface area contributed by atoms with E-state index in [0.717, 1.165) is 22.8 Å². The summed E-state index contributed by atoms with van der Waals surface area (Å²) in [6.45, 7) is 0. The highest BCUT2D eigenvalue weighted by molar-refractivity contribution is 6.20. The van der Waals surface area contributed by atoms with Gasteiger partial charge in [-0.2, -0.15) is 0 Å². The van der Waals surface area contributed by atoms with Crippen LogP contribution in [-0.4, -0.2) is 19.1 Å². The van der Waals surface area contributed by atoms with Crippen LogP contribution in [0, 0.1) is 0 Å². The monoisotopic (exact) mass is 436 g/mol. The van der Waals surface area contributed by atoms with Crippen LogP contribution in [-0.2, 0) is 0 Å². The molecule has 4 nitrogen and oxygen atoms in total. The highest BCUT2D eigenvalue weighted by Crippen LogP contribution is 2.38. The van der Waals surface area contributed by atoms with Gasteiger partial charge in [-0.15, -0.1) is 0 Å². The molecule has 0 aliphatic rings. The number of benzene rings is 3. The Kier molecular flexibility index (Phi) is 4.11. The summed E-state index contributed by atoms with van der Waals surface area (Å²) in [4.78, 5) is 9.26. The summed E-state index contributed by atoms with van der Waals surface area (Å²) in [5, 5.41) is 3.66. The van der Waals surface area contributed by atoms with Gasteiger partial charge in [-0.05, 0) is 54.6 Å². The van der Waals surface area contributed by atoms with Gasteiger partial charge in [-0.25, -0.2) is 4.98 Å². The van der Waals surface area contributed by atoms with Crippen LogP contribution in [0.15, 0.2) is 122 Å². The van der Waals surface area contributed by atoms with Gasteiger partial charge in [-0.3, -0.25) is 4.98 Å². The van der Waals surface area contributed by atoms with Crippen LogP contribution in [0.25, 0.3) is 55.5 Å². The maximum Gasteiger partial charge on any atom is 0.137 e. The van der Waals surface area contributed by atoms with Crippen LogP contribution in [0.3, 0.4) is 0 Å². The van der Waals surface area contributed by atoms with E-state index in [-0.39, 0.29) is 0 Å². The Balaban J connectivity index is 1.55. The zero-order chi connectivity index (χ0) is 22.5. The fourth-order valence-corrected chi connectivity index (χ4v) is 4.96. The Bertz CT molecular complexity index is 1790. The van der Waals surface area contributed by atoms with Gasteiger partial charge in [0, 0.05) is 46.0 Å². The van der Waals surface area contributed by atoms with Crippen molar-refractivity contribution >= 4 is 32.7 Å². The lowest BCUT2D eigenvalue weighted by atomic mass is 10.1. The van der Waals surface area contributed by atoms with Gasteiger partial charge in [-0.1, -0.05) is 48.5 Å². The van der Waals surface area contributed by atoms with Gasteiger partial charge in [0.25, 0.3) is 0 Å². The number of nitrogens with zero attached hydrogens (tertiary/aromatic N) is 4. The molecule has 0 radical (unpaired) electrons. The summed E-state index contributed by atoms with van der Waals surface area (Å²) in [5.74, 6) is 0.889. The van der Waals surface area contributed by atoms with Crippen LogP contribution < -0.4 is 0 Å². The fourth-order valence-electron chi connectivity index (χ4n) is 4.96. The van der Waals surface area contributed by atoms with E-state index in [2.05, 4.69) is 105 Å². The second-order valence-electron chi connectivity index (χ2n) is 8.39. The lowest BCUT2D eigenvalue weighted by molar-refractivity contribution is 1.05. The number of pyridine rings is 2. The smallest absolute Gasteiger partial charge is 0.137 e. The van der Waals surface area contributed by atoms with Crippen LogP contribution in [0.1, 0.15) is 0 Å². The minimum Gasteiger partial charge on any atom is -0.309 e. The summed E-state index contributed by atoms with van der Waals surface area (Å²) in [6, 6.07) is 35.9. The SMILES string of the molecule is c1ccc(-n2c3ccccc3c3c4c(ccc32)ccn4-c2cccc(-c3cccnc3)n2)cc1. The van der Waals surface area contributed by atoms with Gasteiger partial charge in [0.15, 0.2) is 0 Å². The highest BCUT2D eigenvalue weighted by Gasteiger charge is 2.17. The Morgan fingerprint density at radius 3 is 2.41 bits per heavy atom. The molecule has 0 aliphatic carbocycles. The average Bonchev–Trinajstić information content (AvgIpc) is 3.49. The normalized spacial score (nSPS) is 11.5. The van der Waals surface area contributed by atoms with E-state index in [9.17, 15) is 0 Å². The third-order valence-corrected chi connectivity index (χ3v) is 6.44. The zero-order valence-electron chi connectivity index (χ0n) is 18.3. The molecule has 0 aliphatic heterocycles. The van der Waals surface area contributed by atoms with E-state index in [4.69, 9.17) is 4.98 Å². The number of aromatic nitrogens is 4. The zero-order valence-corrected chi connectivity index (χ0v) is 18.3. The molecule has 7 aromatic rings. The first-order chi connectivity index (χ1) is 16.9. The van der Waals surface area contributed by atoms with Gasteiger partial charge < -0.3 is 9.13 Å². The predicted molar refractivity (Wildman–Crippen MR) is 139 cm³/mol. The quantitative estimate of drug-likeness (QED) is 0.294. The van der Waals surface area contributed by atoms with E-state index in [1.54, 1.807) is 6.20 Å². The minimum atomic E-state index is 0.889. The van der Waals surface area contributed by atoms with E-state index in [1.807, 2.05) is 24.4 Å². The Morgan fingerprint density at radius 1 is 0.647 bits per heavy atom. The largest absolute Gasteiger partial charge is 0.309 e. The van der Waals surface area contributed by atoms with E-state index < -0.39 is 0 Å². The Hall–Kier alpha value is -4.70. The van der Waals surface area contributed by atoms with E-state index in [1.165, 1.54) is 32.7 Å². The average molecular weight is 437 g/mol. The molecule has 0 amide bonds. The van der Waals surface area contributed by atoms with Crippen molar-refractivity contribution in [1.29, 1.82) is 0 Å². The second-order valence-corrected chi connectivity index (χ2v) is 8.39. The third-order valence-electron chi connectivity index (χ3n) is 6.44. The van der Waals surface area contributed by atoms with Gasteiger partial charge in [0.2, 0.25) is 0 Å². The first-order valence-electron chi connectivity index (χ1n) is 11.3. The van der Waals surface area contributed by atoms with Crippen molar-refractivity contribution in [1.82, 2.24) is 19.1 Å². The lowest BCUT2D eigenvalue weighted by Crippen LogP contribution is -1.98. The Morgan fingerprint density at radius 2 is 1.53 bits per heavy atom. The maximum absolute atomic E-state index is 5.00. The molecule has 0 bridgehead atoms. The molecule has 4 heterocycles. The standard InChI is InChI=1S/C30H20N4/c1-2-9-23(10-3-1)34-26-13-5-4-11-24(26)29-27(34)16-15-21-17-19-33(30(21)29)28-14-6-12-25(32-28)22-8-7-18-31-20-22/h1-20H. The molecular formula is C30H20N4. The number of fused-ring (bicyclic) bond motifs is 5. The molecule has 0 unspecified atom stereocenters. The van der Waals surface area contributed by atoms with Crippen molar-refractivity contribution in [3.63, 3.8) is 0 Å². The molecule has 0 N–H and O–H groups in total. The topological polar surface area (TPSA) is 35.6 Å². The van der Waals surface area contributed by atoms with Crippen LogP contribution >= 0.6 is 0 Å². The first-order valence-corrected chi connectivity index (χ1v) is 11.3. The minimum absolute atomic E-state index is 0.889. The number of hydrogen-bond acceptors (Lipinski definition) is 2. The van der Waals surface area contributed by atoms with Crippen LogP contribution in [0.4, 0.5) is 0 Å². The molecule has 4 aromatic heterocycles. The molecule has 4 heteroatoms. The molecule has 7 rings (SSSR count). The summed E-state index contributed by atoms with van der Waals surface area (Å²) >= 11 is 0. The first kappa shape index (κ1) is 18.8. The number of para-hydroxylation sites is 2. The molecule has 0 saturated carbocycles. The molecule has 3 aromatic carbocycles. The fraction of sp³-hybridized carbons (Fsp3) is 0. The van der Waals surface area contributed by atoms with Crippen molar-refractivity contribution in [3.8, 4) is 22.8 Å². The van der Waals surface area contributed by atoms with Crippen molar-refractivity contribution in [3.05, 3.63) is 122 Å². The number of hydrogen-bond donors (Lipinski definition) is 0. The highest BCUT2D eigenvalue weighted by atomic mass is 15.1. The van der Waals surface area contributed by atoms with Crippen molar-refractivity contribution in [2.24, 2.45) is 0 Å². The number of rotatable bonds is 3. The summed E-state index contributed by atoms with van der Waals surface area (Å²) in [7, 11) is 0. The van der Waals surface area contributed by atoms with E-state index >= 15 is 0 Å². The molecule has 0 atom stereocenters. The second kappa shape index (κ2) is 7.42. The van der Waals surface area contributed by atoms with Crippen molar-refractivity contribution in [2.45, 2.75) is 0 Å². The summed E-state index contributed by atoms with van der Waals surface area (Å²) in [6.07, 6.45) is 5.76. The third kappa shape index (κ3) is 2.79. The van der Waals surface area contributed by atoms with Crippen LogP contribution in [0.5, 0.6) is 0 Å². The maximum atomic E-state index is 5.00. The molecule has 34 heavy (non-hydrogen) atoms. The van der Waals surface area contributed by atoms with Crippen molar-refractivity contribution in [2.75, 3.05) is 0 Å². The predicted octanol–water partition coefficient (Wildman–Crippen LogP) is 7.18. The molecule has 0 saturated heterocycles. The van der Waals surface area contributed by atoms with Crippen LogP contribution in [0.2, 0.25) is 0 Å². The molecular weight excluding hydrogens is 416 g/mol. The Labute approximate surface area is 196 Å².